The van der Waals surface area contributed by atoms with Crippen LogP contribution in [-0.4, -0.2) is 22.5 Å². The highest BCUT2D eigenvalue weighted by Crippen LogP contribution is 2.22. The van der Waals surface area contributed by atoms with Crippen LogP contribution in [0.15, 0.2) is 18.2 Å². The van der Waals surface area contributed by atoms with Gasteiger partial charge in [0.2, 0.25) is 5.82 Å². The van der Waals surface area contributed by atoms with Crippen molar-refractivity contribution in [3.8, 4) is 0 Å². The Hall–Kier alpha value is -1.75. The number of esters is 1. The first-order chi connectivity index (χ1) is 8.13. The maximum Gasteiger partial charge on any atom is 0.376 e. The number of aromatic nitrogens is 2. The van der Waals surface area contributed by atoms with Crippen molar-refractivity contribution >= 4 is 28.5 Å². The van der Waals surface area contributed by atoms with Crippen molar-refractivity contribution < 1.29 is 13.9 Å². The molecule has 0 radical (unpaired) electrons. The van der Waals surface area contributed by atoms with Gasteiger partial charge < -0.3 is 4.74 Å². The van der Waals surface area contributed by atoms with Gasteiger partial charge in [-0.1, -0.05) is 17.7 Å². The van der Waals surface area contributed by atoms with Crippen LogP contribution in [0.5, 0.6) is 0 Å². The van der Waals surface area contributed by atoms with Crippen molar-refractivity contribution in [3.05, 3.63) is 35.0 Å². The predicted octanol–water partition coefficient (Wildman–Crippen LogP) is 2.60. The fraction of sp³-hybridized carbons (Fsp3) is 0.182. The number of nitrogens with zero attached hydrogens (tertiary/aromatic N) is 2. The summed E-state index contributed by atoms with van der Waals surface area (Å²) in [6, 6.07) is 4.31. The molecule has 0 spiro atoms. The summed E-state index contributed by atoms with van der Waals surface area (Å²) in [4.78, 5) is 19.0. The summed E-state index contributed by atoms with van der Waals surface area (Å²) in [5, 5.41) is 0.386. The topological polar surface area (TPSA) is 52.1 Å². The zero-order valence-corrected chi connectivity index (χ0v) is 9.66. The number of carbonyl (C=O) groups excluding carboxylic acids is 1. The Morgan fingerprint density at radius 1 is 1.47 bits per heavy atom. The van der Waals surface area contributed by atoms with Gasteiger partial charge in [0.1, 0.15) is 16.5 Å². The van der Waals surface area contributed by atoms with Gasteiger partial charge in [0.25, 0.3) is 0 Å². The summed E-state index contributed by atoms with van der Waals surface area (Å²) in [5.41, 5.74) is 0.00977. The van der Waals surface area contributed by atoms with E-state index in [4.69, 9.17) is 16.3 Å². The van der Waals surface area contributed by atoms with E-state index < -0.39 is 11.8 Å². The lowest BCUT2D eigenvalue weighted by molar-refractivity contribution is 0.0512. The van der Waals surface area contributed by atoms with E-state index in [-0.39, 0.29) is 23.1 Å². The van der Waals surface area contributed by atoms with Crippen LogP contribution in [0.25, 0.3) is 10.9 Å². The van der Waals surface area contributed by atoms with E-state index in [1.54, 1.807) is 13.0 Å². The molecule has 0 saturated heterocycles. The van der Waals surface area contributed by atoms with Crippen molar-refractivity contribution in [3.63, 3.8) is 0 Å². The number of rotatable bonds is 2. The van der Waals surface area contributed by atoms with Crippen molar-refractivity contribution in [2.24, 2.45) is 0 Å². The molecular formula is C11H8ClFN2O2. The second-order valence-electron chi connectivity index (χ2n) is 3.19. The van der Waals surface area contributed by atoms with E-state index in [0.29, 0.717) is 5.39 Å². The third-order valence-corrected chi connectivity index (χ3v) is 2.38. The maximum atomic E-state index is 13.5. The van der Waals surface area contributed by atoms with Gasteiger partial charge in [-0.15, -0.1) is 0 Å². The van der Waals surface area contributed by atoms with Crippen LogP contribution in [0.1, 0.15) is 17.5 Å². The Labute approximate surface area is 101 Å². The minimum atomic E-state index is -0.723. The molecule has 0 N–H and O–H groups in total. The van der Waals surface area contributed by atoms with Crippen LogP contribution in [0.3, 0.4) is 0 Å². The number of fused-ring (bicyclic) bond motifs is 1. The highest BCUT2D eigenvalue weighted by Gasteiger charge is 2.15. The number of hydrogen-bond acceptors (Lipinski definition) is 4. The Bertz CT molecular complexity index is 589. The SMILES string of the molecule is CCOC(=O)c1nc(Cl)c2cccc(F)c2n1. The average Bonchev–Trinajstić information content (AvgIpc) is 2.30. The van der Waals surface area contributed by atoms with E-state index in [1.807, 2.05) is 0 Å². The van der Waals surface area contributed by atoms with Gasteiger partial charge in [-0.3, -0.25) is 0 Å². The van der Waals surface area contributed by atoms with Crippen molar-refractivity contribution in [1.29, 1.82) is 0 Å². The Morgan fingerprint density at radius 2 is 2.24 bits per heavy atom. The Balaban J connectivity index is 2.62. The van der Waals surface area contributed by atoms with Crippen LogP contribution in [0.4, 0.5) is 4.39 Å². The van der Waals surface area contributed by atoms with E-state index in [1.165, 1.54) is 12.1 Å². The third-order valence-electron chi connectivity index (χ3n) is 2.09. The molecule has 88 valence electrons. The number of para-hydroxylation sites is 1. The van der Waals surface area contributed by atoms with E-state index >= 15 is 0 Å². The highest BCUT2D eigenvalue weighted by atomic mass is 35.5. The van der Waals surface area contributed by atoms with Crippen LogP contribution in [0, 0.1) is 5.82 Å². The van der Waals surface area contributed by atoms with Gasteiger partial charge >= 0.3 is 5.97 Å². The van der Waals surface area contributed by atoms with E-state index in [2.05, 4.69) is 9.97 Å². The molecule has 0 unspecified atom stereocenters. The zero-order valence-electron chi connectivity index (χ0n) is 8.91. The van der Waals surface area contributed by atoms with Crippen LogP contribution >= 0.6 is 11.6 Å². The summed E-state index contributed by atoms with van der Waals surface area (Å²) < 4.78 is 18.2. The zero-order chi connectivity index (χ0) is 12.4. The first-order valence-corrected chi connectivity index (χ1v) is 5.30. The normalized spacial score (nSPS) is 10.5. The molecule has 2 aromatic rings. The summed E-state index contributed by atoms with van der Waals surface area (Å²) in [7, 11) is 0. The van der Waals surface area contributed by atoms with Crippen LogP contribution < -0.4 is 0 Å². The predicted molar refractivity (Wildman–Crippen MR) is 60.5 cm³/mol. The monoisotopic (exact) mass is 254 g/mol. The van der Waals surface area contributed by atoms with Crippen LogP contribution in [0.2, 0.25) is 5.15 Å². The molecule has 0 fully saturated rings. The second-order valence-corrected chi connectivity index (χ2v) is 3.55. The molecule has 0 saturated carbocycles. The third kappa shape index (κ3) is 2.19. The minimum absolute atomic E-state index is 0.00977. The van der Waals surface area contributed by atoms with Gasteiger partial charge in [-0.2, -0.15) is 0 Å². The first-order valence-electron chi connectivity index (χ1n) is 4.92. The maximum absolute atomic E-state index is 13.5. The summed E-state index contributed by atoms with van der Waals surface area (Å²) >= 11 is 5.85. The van der Waals surface area contributed by atoms with Gasteiger partial charge in [0.15, 0.2) is 0 Å². The first kappa shape index (κ1) is 11.7. The largest absolute Gasteiger partial charge is 0.460 e. The molecule has 2 rings (SSSR count). The van der Waals surface area contributed by atoms with Crippen molar-refractivity contribution in [1.82, 2.24) is 9.97 Å². The van der Waals surface area contributed by atoms with E-state index in [0.717, 1.165) is 0 Å². The molecule has 4 nitrogen and oxygen atoms in total. The molecule has 1 aromatic heterocycles. The lowest BCUT2D eigenvalue weighted by Crippen LogP contribution is -2.10. The molecular weight excluding hydrogens is 247 g/mol. The standard InChI is InChI=1S/C11H8ClFN2O2/c1-2-17-11(16)10-14-8-6(9(12)15-10)4-3-5-7(8)13/h3-5H,2H2,1H3. The number of halogens is 2. The van der Waals surface area contributed by atoms with Gasteiger partial charge in [0, 0.05) is 5.39 Å². The van der Waals surface area contributed by atoms with Gasteiger partial charge in [-0.05, 0) is 19.1 Å². The second kappa shape index (κ2) is 4.63. The van der Waals surface area contributed by atoms with Crippen molar-refractivity contribution in [2.75, 3.05) is 6.61 Å². The number of hydrogen-bond donors (Lipinski definition) is 0. The van der Waals surface area contributed by atoms with E-state index in [9.17, 15) is 9.18 Å². The lowest BCUT2D eigenvalue weighted by atomic mass is 10.2. The average molecular weight is 255 g/mol. The number of benzene rings is 1. The number of carbonyl (C=O) groups is 1. The Kier molecular flexibility index (Phi) is 3.19. The summed E-state index contributed by atoms with van der Waals surface area (Å²) in [5.74, 6) is -1.52. The summed E-state index contributed by atoms with van der Waals surface area (Å²) in [6.45, 7) is 1.84. The van der Waals surface area contributed by atoms with Gasteiger partial charge in [-0.25, -0.2) is 19.2 Å². The lowest BCUT2D eigenvalue weighted by Gasteiger charge is -2.04. The smallest absolute Gasteiger partial charge is 0.376 e. The van der Waals surface area contributed by atoms with Crippen LogP contribution in [-0.2, 0) is 4.74 Å². The molecule has 0 amide bonds. The molecule has 6 heteroatoms. The molecule has 17 heavy (non-hydrogen) atoms. The molecule has 1 heterocycles. The van der Waals surface area contributed by atoms with Crippen molar-refractivity contribution in [2.45, 2.75) is 6.92 Å². The quantitative estimate of drug-likeness (QED) is 0.611. The molecule has 0 aliphatic rings. The minimum Gasteiger partial charge on any atom is -0.460 e. The fourth-order valence-electron chi connectivity index (χ4n) is 1.37. The molecule has 0 atom stereocenters. The Morgan fingerprint density at radius 3 is 2.94 bits per heavy atom. The summed E-state index contributed by atoms with van der Waals surface area (Å²) in [6.07, 6.45) is 0. The highest BCUT2D eigenvalue weighted by molar-refractivity contribution is 6.34. The molecule has 0 aliphatic carbocycles. The molecule has 0 bridgehead atoms. The molecule has 1 aromatic carbocycles. The fourth-order valence-corrected chi connectivity index (χ4v) is 1.60. The number of ether oxygens (including phenoxy) is 1. The van der Waals surface area contributed by atoms with Gasteiger partial charge in [0.05, 0.1) is 6.61 Å². The molecule has 0 aliphatic heterocycles.